The molecule has 0 aromatic heterocycles. The van der Waals surface area contributed by atoms with Gasteiger partial charge in [0, 0.05) is 5.41 Å². The van der Waals surface area contributed by atoms with E-state index in [9.17, 15) is 0 Å². The molecule has 51 heavy (non-hydrogen) atoms. The maximum absolute atomic E-state index is 2.46. The van der Waals surface area contributed by atoms with Crippen LogP contribution < -0.4 is 0 Å². The van der Waals surface area contributed by atoms with E-state index < -0.39 is 0 Å². The number of rotatable bonds is 5. The Morgan fingerprint density at radius 3 is 1.51 bits per heavy atom. The average molecular weight is 653 g/mol. The fraction of sp³-hybridized carbons (Fsp3) is 0.0980. The van der Waals surface area contributed by atoms with E-state index in [-0.39, 0.29) is 5.41 Å². The van der Waals surface area contributed by atoms with E-state index in [1.165, 1.54) is 99.5 Å². The topological polar surface area (TPSA) is 0 Å². The van der Waals surface area contributed by atoms with E-state index in [1.54, 1.807) is 0 Å². The normalized spacial score (nSPS) is 13.6. The van der Waals surface area contributed by atoms with Gasteiger partial charge in [-0.25, -0.2) is 0 Å². The lowest BCUT2D eigenvalue weighted by Gasteiger charge is -2.26. The van der Waals surface area contributed by atoms with Gasteiger partial charge in [-0.2, -0.15) is 0 Å². The molecule has 0 saturated carbocycles. The quantitative estimate of drug-likeness (QED) is 0.174. The zero-order chi connectivity index (χ0) is 34.7. The third-order valence-corrected chi connectivity index (χ3v) is 11.0. The smallest absolute Gasteiger partial charge is 0.0165 e. The Balaban J connectivity index is 1.13. The fourth-order valence-corrected chi connectivity index (χ4v) is 8.29. The second-order valence-corrected chi connectivity index (χ2v) is 14.7. The highest BCUT2D eigenvalue weighted by atomic mass is 14.4. The Morgan fingerprint density at radius 1 is 0.353 bits per heavy atom. The minimum absolute atomic E-state index is 0.177. The zero-order valence-corrected chi connectivity index (χ0v) is 29.7. The van der Waals surface area contributed by atoms with Gasteiger partial charge >= 0.3 is 0 Å². The molecular formula is C51H40. The minimum atomic E-state index is -0.177. The summed E-state index contributed by atoms with van der Waals surface area (Å²) < 4.78 is 0. The highest BCUT2D eigenvalue weighted by molar-refractivity contribution is 6.09. The molecule has 0 radical (unpaired) electrons. The van der Waals surface area contributed by atoms with Gasteiger partial charge in [-0.1, -0.05) is 183 Å². The van der Waals surface area contributed by atoms with Crippen molar-refractivity contribution in [1.82, 2.24) is 0 Å². The number of hydrogen-bond acceptors (Lipinski definition) is 0. The molecule has 0 aliphatic heterocycles. The summed E-state index contributed by atoms with van der Waals surface area (Å²) in [6.07, 6.45) is 0. The van der Waals surface area contributed by atoms with Crippen molar-refractivity contribution in [2.45, 2.75) is 33.1 Å². The Labute approximate surface area is 301 Å². The van der Waals surface area contributed by atoms with Crippen molar-refractivity contribution in [2.24, 2.45) is 0 Å². The first-order valence-electron chi connectivity index (χ1n) is 18.0. The van der Waals surface area contributed by atoms with E-state index in [1.807, 2.05) is 0 Å². The molecule has 0 unspecified atom stereocenters. The summed E-state index contributed by atoms with van der Waals surface area (Å²) in [5.74, 6) is 0. The van der Waals surface area contributed by atoms with Crippen LogP contribution in [0.15, 0.2) is 170 Å². The van der Waals surface area contributed by atoms with Crippen LogP contribution in [0.4, 0.5) is 0 Å². The van der Waals surface area contributed by atoms with Gasteiger partial charge in [-0.05, 0) is 114 Å². The molecule has 0 saturated heterocycles. The fourth-order valence-electron chi connectivity index (χ4n) is 8.29. The summed E-state index contributed by atoms with van der Waals surface area (Å²) in [6, 6.07) is 63.2. The number of benzene rings is 8. The summed E-state index contributed by atoms with van der Waals surface area (Å²) in [7, 11) is 0. The van der Waals surface area contributed by atoms with E-state index in [4.69, 9.17) is 0 Å². The summed E-state index contributed by atoms with van der Waals surface area (Å²) >= 11 is 0. The molecule has 244 valence electrons. The lowest BCUT2D eigenvalue weighted by atomic mass is 9.77. The van der Waals surface area contributed by atoms with Crippen LogP contribution in [-0.4, -0.2) is 0 Å². The summed E-state index contributed by atoms with van der Waals surface area (Å²) in [5.41, 5.74) is 17.9. The van der Waals surface area contributed by atoms with E-state index >= 15 is 0 Å². The van der Waals surface area contributed by atoms with Gasteiger partial charge in [0.2, 0.25) is 0 Å². The lowest BCUT2D eigenvalue weighted by Crippen LogP contribution is -2.16. The number of fused-ring (bicyclic) bond motifs is 3. The van der Waals surface area contributed by atoms with E-state index in [0.717, 1.165) is 0 Å². The maximum atomic E-state index is 2.46. The van der Waals surface area contributed by atoms with Crippen LogP contribution in [0, 0.1) is 13.8 Å². The monoisotopic (exact) mass is 652 g/mol. The van der Waals surface area contributed by atoms with Crippen LogP contribution in [0.25, 0.3) is 66.1 Å². The first kappa shape index (κ1) is 31.0. The first-order valence-corrected chi connectivity index (χ1v) is 18.0. The van der Waals surface area contributed by atoms with Crippen LogP contribution >= 0.6 is 0 Å². The van der Waals surface area contributed by atoms with Crippen molar-refractivity contribution in [3.8, 4) is 33.4 Å². The van der Waals surface area contributed by atoms with E-state index in [2.05, 4.69) is 198 Å². The summed E-state index contributed by atoms with van der Waals surface area (Å²) in [4.78, 5) is 0. The highest BCUT2D eigenvalue weighted by Crippen LogP contribution is 2.54. The van der Waals surface area contributed by atoms with Crippen molar-refractivity contribution < 1.29 is 0 Å². The third-order valence-electron chi connectivity index (χ3n) is 11.0. The van der Waals surface area contributed by atoms with Crippen molar-refractivity contribution in [1.29, 1.82) is 0 Å². The summed E-state index contributed by atoms with van der Waals surface area (Å²) in [6.45, 7) is 9.12. The Hall–Kier alpha value is -5.98. The number of hydrogen-bond donors (Lipinski definition) is 0. The molecule has 0 N–H and O–H groups in total. The highest BCUT2D eigenvalue weighted by Gasteiger charge is 2.39. The summed E-state index contributed by atoms with van der Waals surface area (Å²) in [5, 5.41) is 5.08. The molecular weight excluding hydrogens is 613 g/mol. The molecule has 9 rings (SSSR count). The second kappa shape index (κ2) is 12.1. The van der Waals surface area contributed by atoms with Gasteiger partial charge in [0.15, 0.2) is 0 Å². The molecule has 1 aliphatic rings. The van der Waals surface area contributed by atoms with Crippen LogP contribution in [0.1, 0.15) is 47.2 Å². The Kier molecular flexibility index (Phi) is 7.37. The molecule has 8 aromatic carbocycles. The molecule has 8 aromatic rings. The predicted octanol–water partition coefficient (Wildman–Crippen LogP) is 13.9. The molecule has 0 bridgehead atoms. The van der Waals surface area contributed by atoms with Crippen molar-refractivity contribution in [3.05, 3.63) is 203 Å². The van der Waals surface area contributed by atoms with Gasteiger partial charge in [0.1, 0.15) is 0 Å². The maximum Gasteiger partial charge on any atom is 0.0165 e. The molecule has 1 aliphatic carbocycles. The largest absolute Gasteiger partial charge is 0.0616 e. The van der Waals surface area contributed by atoms with Gasteiger partial charge in [0.25, 0.3) is 0 Å². The van der Waals surface area contributed by atoms with Crippen LogP contribution in [-0.2, 0) is 5.41 Å². The molecule has 0 atom stereocenters. The average Bonchev–Trinajstić information content (AvgIpc) is 3.40. The van der Waals surface area contributed by atoms with Gasteiger partial charge in [-0.15, -0.1) is 0 Å². The third kappa shape index (κ3) is 5.31. The van der Waals surface area contributed by atoms with Crippen molar-refractivity contribution >= 4 is 32.7 Å². The Bertz CT molecular complexity index is 2630. The molecule has 0 heterocycles. The van der Waals surface area contributed by atoms with E-state index in [0.29, 0.717) is 0 Å². The molecule has 0 nitrogen and oxygen atoms in total. The van der Waals surface area contributed by atoms with Gasteiger partial charge in [0.05, 0.1) is 0 Å². The second-order valence-electron chi connectivity index (χ2n) is 14.7. The van der Waals surface area contributed by atoms with Gasteiger partial charge < -0.3 is 0 Å². The first-order chi connectivity index (χ1) is 24.8. The molecule has 0 heteroatoms. The molecule has 0 amide bonds. The lowest BCUT2D eigenvalue weighted by molar-refractivity contribution is 0.704. The SMILES string of the molecule is Cc1ccc(C2=C(c3ccc(C)cc3)C(C)(C)c3cc(-c4ccc(-c5ccc(-c6ccc7ccccc7c6)cc5)c5ccccc45)ccc32)cc1. The minimum Gasteiger partial charge on any atom is -0.0616 e. The van der Waals surface area contributed by atoms with Gasteiger partial charge in [-0.3, -0.25) is 0 Å². The zero-order valence-electron chi connectivity index (χ0n) is 29.7. The van der Waals surface area contributed by atoms with Crippen LogP contribution in [0.2, 0.25) is 0 Å². The van der Waals surface area contributed by atoms with Crippen LogP contribution in [0.3, 0.4) is 0 Å². The van der Waals surface area contributed by atoms with Crippen molar-refractivity contribution in [3.63, 3.8) is 0 Å². The number of allylic oxidation sites excluding steroid dienone is 1. The molecule has 0 spiro atoms. The van der Waals surface area contributed by atoms with Crippen molar-refractivity contribution in [2.75, 3.05) is 0 Å². The predicted molar refractivity (Wildman–Crippen MR) is 219 cm³/mol. The van der Waals surface area contributed by atoms with Crippen LogP contribution in [0.5, 0.6) is 0 Å². The standard InChI is InChI=1S/C51H40/c1-33-13-17-38(18-14-33)49-47-28-27-42(32-48(47)51(3,4)50(49)39-19-15-34(2)16-20-39)44-30-29-43(45-11-7-8-12-46(44)45)37-24-21-36(22-25-37)41-26-23-35-9-5-6-10-40(35)31-41/h5-32H,1-4H3. The number of aryl methyl sites for hydroxylation is 2. The Morgan fingerprint density at radius 2 is 0.843 bits per heavy atom. The molecule has 0 fully saturated rings.